The molecule has 3 N–H and O–H groups in total. The molecule has 1 aromatic carbocycles. The first-order chi connectivity index (χ1) is 7.31. The fourth-order valence-corrected chi connectivity index (χ4v) is 1.36. The van der Waals surface area contributed by atoms with E-state index in [0.29, 0.717) is 30.1 Å². The standard InChI is InChI=1S/C11H12N2O2/c12-6-5-11-13-9(7-15-11)8-3-1-2-4-10(8)14/h1-4,7,14H,5-6,12H2. The first-order valence-corrected chi connectivity index (χ1v) is 4.74. The molecule has 0 fully saturated rings. The van der Waals surface area contributed by atoms with Gasteiger partial charge in [-0.15, -0.1) is 0 Å². The van der Waals surface area contributed by atoms with Crippen LogP contribution in [0, 0.1) is 0 Å². The first kappa shape index (κ1) is 9.73. The van der Waals surface area contributed by atoms with Crippen LogP contribution in [0.25, 0.3) is 11.3 Å². The summed E-state index contributed by atoms with van der Waals surface area (Å²) in [6.07, 6.45) is 2.13. The zero-order valence-electron chi connectivity index (χ0n) is 8.18. The predicted molar refractivity (Wildman–Crippen MR) is 56.4 cm³/mol. The molecule has 0 aliphatic heterocycles. The van der Waals surface area contributed by atoms with Gasteiger partial charge in [0.2, 0.25) is 0 Å². The molecule has 0 amide bonds. The Bertz CT molecular complexity index is 451. The average Bonchev–Trinajstić information content (AvgIpc) is 2.68. The number of aromatic hydroxyl groups is 1. The van der Waals surface area contributed by atoms with Gasteiger partial charge in [0.25, 0.3) is 0 Å². The van der Waals surface area contributed by atoms with E-state index in [1.54, 1.807) is 18.2 Å². The largest absolute Gasteiger partial charge is 0.507 e. The number of oxazole rings is 1. The number of para-hydroxylation sites is 1. The normalized spacial score (nSPS) is 10.5. The Morgan fingerprint density at radius 2 is 2.13 bits per heavy atom. The Morgan fingerprint density at radius 1 is 1.33 bits per heavy atom. The highest BCUT2D eigenvalue weighted by molar-refractivity contribution is 5.65. The van der Waals surface area contributed by atoms with Crippen LogP contribution in [-0.2, 0) is 6.42 Å². The Kier molecular flexibility index (Phi) is 2.69. The SMILES string of the molecule is NCCc1nc(-c2ccccc2O)co1. The fourth-order valence-electron chi connectivity index (χ4n) is 1.36. The lowest BCUT2D eigenvalue weighted by Gasteiger charge is -1.98. The van der Waals surface area contributed by atoms with Crippen molar-refractivity contribution in [1.29, 1.82) is 0 Å². The van der Waals surface area contributed by atoms with Gasteiger partial charge >= 0.3 is 0 Å². The second kappa shape index (κ2) is 4.14. The third-order valence-electron chi connectivity index (χ3n) is 2.09. The summed E-state index contributed by atoms with van der Waals surface area (Å²) in [6.45, 7) is 0.501. The summed E-state index contributed by atoms with van der Waals surface area (Å²) in [7, 11) is 0. The van der Waals surface area contributed by atoms with Crippen molar-refractivity contribution >= 4 is 0 Å². The van der Waals surface area contributed by atoms with Crippen molar-refractivity contribution in [3.63, 3.8) is 0 Å². The van der Waals surface area contributed by atoms with Crippen LogP contribution in [0.5, 0.6) is 5.75 Å². The van der Waals surface area contributed by atoms with E-state index < -0.39 is 0 Å². The summed E-state index contributed by atoms with van der Waals surface area (Å²) in [5.41, 5.74) is 6.70. The van der Waals surface area contributed by atoms with E-state index in [4.69, 9.17) is 10.2 Å². The van der Waals surface area contributed by atoms with E-state index in [2.05, 4.69) is 4.98 Å². The van der Waals surface area contributed by atoms with E-state index in [1.807, 2.05) is 6.07 Å². The highest BCUT2D eigenvalue weighted by Gasteiger charge is 2.08. The van der Waals surface area contributed by atoms with Gasteiger partial charge < -0.3 is 15.3 Å². The van der Waals surface area contributed by atoms with E-state index >= 15 is 0 Å². The zero-order chi connectivity index (χ0) is 10.7. The van der Waals surface area contributed by atoms with E-state index in [-0.39, 0.29) is 5.75 Å². The monoisotopic (exact) mass is 204 g/mol. The zero-order valence-corrected chi connectivity index (χ0v) is 8.18. The molecular formula is C11H12N2O2. The van der Waals surface area contributed by atoms with Crippen LogP contribution in [0.3, 0.4) is 0 Å². The van der Waals surface area contributed by atoms with Crippen LogP contribution in [0.1, 0.15) is 5.89 Å². The van der Waals surface area contributed by atoms with Crippen molar-refractivity contribution in [3.05, 3.63) is 36.4 Å². The quantitative estimate of drug-likeness (QED) is 0.795. The molecule has 0 aliphatic rings. The molecule has 1 heterocycles. The van der Waals surface area contributed by atoms with Crippen molar-refractivity contribution in [3.8, 4) is 17.0 Å². The lowest BCUT2D eigenvalue weighted by atomic mass is 10.1. The van der Waals surface area contributed by atoms with Crippen molar-refractivity contribution < 1.29 is 9.52 Å². The molecule has 78 valence electrons. The van der Waals surface area contributed by atoms with Gasteiger partial charge in [-0.05, 0) is 12.1 Å². The molecular weight excluding hydrogens is 192 g/mol. The van der Waals surface area contributed by atoms with Crippen LogP contribution < -0.4 is 5.73 Å². The van der Waals surface area contributed by atoms with Gasteiger partial charge in [0.15, 0.2) is 5.89 Å². The van der Waals surface area contributed by atoms with Crippen molar-refractivity contribution in [2.24, 2.45) is 5.73 Å². The Hall–Kier alpha value is -1.81. The summed E-state index contributed by atoms with van der Waals surface area (Å²) in [5.74, 6) is 0.792. The summed E-state index contributed by atoms with van der Waals surface area (Å²) >= 11 is 0. The number of phenolic OH excluding ortho intramolecular Hbond substituents is 1. The second-order valence-corrected chi connectivity index (χ2v) is 3.18. The predicted octanol–water partition coefficient (Wildman–Crippen LogP) is 1.55. The minimum Gasteiger partial charge on any atom is -0.507 e. The van der Waals surface area contributed by atoms with Gasteiger partial charge in [-0.25, -0.2) is 4.98 Å². The molecule has 4 heteroatoms. The van der Waals surface area contributed by atoms with Gasteiger partial charge in [0, 0.05) is 18.5 Å². The fraction of sp³-hybridized carbons (Fsp3) is 0.182. The van der Waals surface area contributed by atoms with Crippen molar-refractivity contribution in [2.75, 3.05) is 6.54 Å². The lowest BCUT2D eigenvalue weighted by Crippen LogP contribution is -2.02. The van der Waals surface area contributed by atoms with Crippen molar-refractivity contribution in [1.82, 2.24) is 4.98 Å². The van der Waals surface area contributed by atoms with E-state index in [1.165, 1.54) is 6.26 Å². The molecule has 0 unspecified atom stereocenters. The summed E-state index contributed by atoms with van der Waals surface area (Å²) in [4.78, 5) is 4.22. The Balaban J connectivity index is 2.33. The highest BCUT2D eigenvalue weighted by Crippen LogP contribution is 2.27. The maximum absolute atomic E-state index is 9.60. The average molecular weight is 204 g/mol. The number of aromatic nitrogens is 1. The Labute approximate surface area is 87.4 Å². The molecule has 2 rings (SSSR count). The van der Waals surface area contributed by atoms with Crippen LogP contribution in [0.4, 0.5) is 0 Å². The van der Waals surface area contributed by atoms with Crippen LogP contribution in [-0.4, -0.2) is 16.6 Å². The molecule has 0 bridgehead atoms. The van der Waals surface area contributed by atoms with Crippen LogP contribution in [0.2, 0.25) is 0 Å². The lowest BCUT2D eigenvalue weighted by molar-refractivity contribution is 0.477. The molecule has 15 heavy (non-hydrogen) atoms. The summed E-state index contributed by atoms with van der Waals surface area (Å²) < 4.78 is 5.21. The summed E-state index contributed by atoms with van der Waals surface area (Å²) in [5, 5.41) is 9.60. The maximum atomic E-state index is 9.60. The van der Waals surface area contributed by atoms with Gasteiger partial charge in [0.05, 0.1) is 0 Å². The molecule has 0 atom stereocenters. The molecule has 0 radical (unpaired) electrons. The number of phenols is 1. The molecule has 1 aromatic heterocycles. The molecule has 0 saturated heterocycles. The molecule has 0 aliphatic carbocycles. The van der Waals surface area contributed by atoms with Gasteiger partial charge in [0.1, 0.15) is 17.7 Å². The number of nitrogens with two attached hydrogens (primary N) is 1. The molecule has 0 saturated carbocycles. The minimum absolute atomic E-state index is 0.199. The highest BCUT2D eigenvalue weighted by atomic mass is 16.3. The smallest absolute Gasteiger partial charge is 0.195 e. The second-order valence-electron chi connectivity index (χ2n) is 3.18. The number of benzene rings is 1. The van der Waals surface area contributed by atoms with Gasteiger partial charge in [-0.1, -0.05) is 12.1 Å². The molecule has 2 aromatic rings. The van der Waals surface area contributed by atoms with Crippen LogP contribution in [0.15, 0.2) is 34.9 Å². The topological polar surface area (TPSA) is 72.3 Å². The molecule has 4 nitrogen and oxygen atoms in total. The van der Waals surface area contributed by atoms with Crippen LogP contribution >= 0.6 is 0 Å². The number of hydrogen-bond acceptors (Lipinski definition) is 4. The van der Waals surface area contributed by atoms with Gasteiger partial charge in [-0.3, -0.25) is 0 Å². The first-order valence-electron chi connectivity index (χ1n) is 4.74. The Morgan fingerprint density at radius 3 is 2.87 bits per heavy atom. The number of nitrogens with zero attached hydrogens (tertiary/aromatic N) is 1. The summed E-state index contributed by atoms with van der Waals surface area (Å²) in [6, 6.07) is 7.01. The molecule has 0 spiro atoms. The maximum Gasteiger partial charge on any atom is 0.195 e. The van der Waals surface area contributed by atoms with Gasteiger partial charge in [-0.2, -0.15) is 0 Å². The van der Waals surface area contributed by atoms with Crippen molar-refractivity contribution in [2.45, 2.75) is 6.42 Å². The third-order valence-corrected chi connectivity index (χ3v) is 2.09. The number of rotatable bonds is 3. The number of hydrogen-bond donors (Lipinski definition) is 2. The minimum atomic E-state index is 0.199. The van der Waals surface area contributed by atoms with E-state index in [0.717, 1.165) is 0 Å². The van der Waals surface area contributed by atoms with E-state index in [9.17, 15) is 5.11 Å². The third kappa shape index (κ3) is 1.99.